The number of ether oxygens (including phenoxy) is 2. The minimum Gasteiger partial charge on any atom is -0.497 e. The van der Waals surface area contributed by atoms with Crippen molar-refractivity contribution < 1.29 is 9.47 Å². The molecule has 1 aromatic rings. The summed E-state index contributed by atoms with van der Waals surface area (Å²) in [5.41, 5.74) is 0.560. The van der Waals surface area contributed by atoms with Crippen LogP contribution < -0.4 is 9.47 Å². The van der Waals surface area contributed by atoms with Crippen LogP contribution in [0.2, 0.25) is 0 Å². The van der Waals surface area contributed by atoms with E-state index in [4.69, 9.17) is 14.7 Å². The molecule has 0 amide bonds. The molecule has 0 atom stereocenters. The number of hydrogen-bond donors (Lipinski definition) is 0. The molecule has 1 rings (SSSR count). The van der Waals surface area contributed by atoms with Crippen LogP contribution in [0.25, 0.3) is 0 Å². The predicted octanol–water partition coefficient (Wildman–Crippen LogP) is 3.92. The number of benzene rings is 1. The Hall–Kier alpha value is -1.69. The summed E-state index contributed by atoms with van der Waals surface area (Å²) in [5, 5.41) is 8.98. The first-order valence-corrected chi connectivity index (χ1v) is 6.52. The fraction of sp³-hybridized carbons (Fsp3) is 0.533. The van der Waals surface area contributed by atoms with Crippen molar-refractivity contribution >= 4 is 0 Å². The Labute approximate surface area is 109 Å². The van der Waals surface area contributed by atoms with Crippen molar-refractivity contribution in [2.45, 2.75) is 39.0 Å². The number of nitriles is 1. The smallest absolute Gasteiger partial charge is 0.140 e. The van der Waals surface area contributed by atoms with Crippen molar-refractivity contribution in [3.05, 3.63) is 23.8 Å². The first kappa shape index (κ1) is 14.4. The quantitative estimate of drug-likeness (QED) is 0.654. The number of nitrogens with zero attached hydrogens (tertiary/aromatic N) is 1. The molecule has 0 saturated carbocycles. The third-order valence-corrected chi connectivity index (χ3v) is 2.81. The van der Waals surface area contributed by atoms with Gasteiger partial charge in [-0.25, -0.2) is 0 Å². The molecule has 0 N–H and O–H groups in total. The van der Waals surface area contributed by atoms with Gasteiger partial charge in [0.25, 0.3) is 0 Å². The molecule has 98 valence electrons. The van der Waals surface area contributed by atoms with Gasteiger partial charge in [0.15, 0.2) is 0 Å². The van der Waals surface area contributed by atoms with E-state index in [0.29, 0.717) is 17.9 Å². The Balaban J connectivity index is 2.43. The van der Waals surface area contributed by atoms with Crippen LogP contribution in [0.1, 0.15) is 44.6 Å². The molecule has 0 aliphatic heterocycles. The number of rotatable bonds is 8. The van der Waals surface area contributed by atoms with Crippen molar-refractivity contribution in [3.8, 4) is 17.6 Å². The SMILES string of the molecule is CCCCCCCOc1cc(OC)ccc1C#N. The van der Waals surface area contributed by atoms with E-state index in [1.54, 1.807) is 25.3 Å². The van der Waals surface area contributed by atoms with Gasteiger partial charge in [-0.2, -0.15) is 5.26 Å². The van der Waals surface area contributed by atoms with Gasteiger partial charge in [0.1, 0.15) is 17.6 Å². The van der Waals surface area contributed by atoms with Gasteiger partial charge in [0.2, 0.25) is 0 Å². The van der Waals surface area contributed by atoms with Crippen molar-refractivity contribution in [3.63, 3.8) is 0 Å². The molecule has 3 nitrogen and oxygen atoms in total. The highest BCUT2D eigenvalue weighted by Crippen LogP contribution is 2.24. The predicted molar refractivity (Wildman–Crippen MR) is 72.0 cm³/mol. The van der Waals surface area contributed by atoms with Crippen molar-refractivity contribution in [1.82, 2.24) is 0 Å². The largest absolute Gasteiger partial charge is 0.497 e. The third-order valence-electron chi connectivity index (χ3n) is 2.81. The highest BCUT2D eigenvalue weighted by molar-refractivity contribution is 5.47. The van der Waals surface area contributed by atoms with Gasteiger partial charge in [0, 0.05) is 6.07 Å². The molecule has 0 fully saturated rings. The molecule has 0 heterocycles. The lowest BCUT2D eigenvalue weighted by Gasteiger charge is -2.09. The van der Waals surface area contributed by atoms with Gasteiger partial charge >= 0.3 is 0 Å². The second-order valence-corrected chi connectivity index (χ2v) is 4.24. The maximum absolute atomic E-state index is 8.98. The van der Waals surface area contributed by atoms with Crippen LogP contribution in [-0.2, 0) is 0 Å². The Kier molecular flexibility index (Phi) is 6.71. The molecule has 0 aromatic heterocycles. The summed E-state index contributed by atoms with van der Waals surface area (Å²) in [4.78, 5) is 0. The van der Waals surface area contributed by atoms with E-state index in [2.05, 4.69) is 13.0 Å². The summed E-state index contributed by atoms with van der Waals surface area (Å²) in [7, 11) is 1.61. The molecule has 0 radical (unpaired) electrons. The molecule has 0 aliphatic carbocycles. The first-order chi connectivity index (χ1) is 8.81. The Morgan fingerprint density at radius 1 is 1.17 bits per heavy atom. The van der Waals surface area contributed by atoms with Crippen LogP contribution in [0.15, 0.2) is 18.2 Å². The Morgan fingerprint density at radius 3 is 2.61 bits per heavy atom. The van der Waals surface area contributed by atoms with Gasteiger partial charge in [-0.05, 0) is 18.6 Å². The van der Waals surface area contributed by atoms with Crippen LogP contribution in [0.4, 0.5) is 0 Å². The standard InChI is InChI=1S/C15H21NO2/c1-3-4-5-6-7-10-18-15-11-14(17-2)9-8-13(15)12-16/h8-9,11H,3-7,10H2,1-2H3. The number of methoxy groups -OCH3 is 1. The minimum absolute atomic E-state index is 0.560. The maximum atomic E-state index is 8.98. The minimum atomic E-state index is 0.560. The van der Waals surface area contributed by atoms with Gasteiger partial charge in [0.05, 0.1) is 19.3 Å². The van der Waals surface area contributed by atoms with E-state index in [-0.39, 0.29) is 0 Å². The monoisotopic (exact) mass is 247 g/mol. The van der Waals surface area contributed by atoms with Crippen LogP contribution >= 0.6 is 0 Å². The van der Waals surface area contributed by atoms with E-state index in [9.17, 15) is 0 Å². The van der Waals surface area contributed by atoms with Gasteiger partial charge in [-0.3, -0.25) is 0 Å². The average molecular weight is 247 g/mol. The second-order valence-electron chi connectivity index (χ2n) is 4.24. The zero-order valence-electron chi connectivity index (χ0n) is 11.2. The summed E-state index contributed by atoms with van der Waals surface area (Å²) >= 11 is 0. The van der Waals surface area contributed by atoms with E-state index < -0.39 is 0 Å². The first-order valence-electron chi connectivity index (χ1n) is 6.52. The van der Waals surface area contributed by atoms with E-state index >= 15 is 0 Å². The summed E-state index contributed by atoms with van der Waals surface area (Å²) < 4.78 is 10.8. The topological polar surface area (TPSA) is 42.2 Å². The van der Waals surface area contributed by atoms with E-state index in [0.717, 1.165) is 12.2 Å². The van der Waals surface area contributed by atoms with Gasteiger partial charge in [-0.1, -0.05) is 32.6 Å². The van der Waals surface area contributed by atoms with Gasteiger partial charge < -0.3 is 9.47 Å². The average Bonchev–Trinajstić information content (AvgIpc) is 2.42. The maximum Gasteiger partial charge on any atom is 0.140 e. The molecular weight excluding hydrogens is 226 g/mol. The molecule has 3 heteroatoms. The molecule has 0 bridgehead atoms. The fourth-order valence-electron chi connectivity index (χ4n) is 1.73. The van der Waals surface area contributed by atoms with E-state index in [1.165, 1.54) is 25.7 Å². The van der Waals surface area contributed by atoms with Crippen molar-refractivity contribution in [1.29, 1.82) is 5.26 Å². The van der Waals surface area contributed by atoms with Crippen LogP contribution in [0.5, 0.6) is 11.5 Å². The third kappa shape index (κ3) is 4.67. The summed E-state index contributed by atoms with van der Waals surface area (Å²) in [6, 6.07) is 7.39. The number of unbranched alkanes of at least 4 members (excludes halogenated alkanes) is 4. The molecule has 0 aliphatic rings. The lowest BCUT2D eigenvalue weighted by atomic mass is 10.1. The lowest BCUT2D eigenvalue weighted by molar-refractivity contribution is 0.301. The molecule has 0 unspecified atom stereocenters. The van der Waals surface area contributed by atoms with Crippen molar-refractivity contribution in [2.75, 3.05) is 13.7 Å². The highest BCUT2D eigenvalue weighted by atomic mass is 16.5. The molecule has 18 heavy (non-hydrogen) atoms. The Bertz CT molecular complexity index is 396. The normalized spacial score (nSPS) is 9.83. The zero-order valence-corrected chi connectivity index (χ0v) is 11.2. The molecular formula is C15H21NO2. The summed E-state index contributed by atoms with van der Waals surface area (Å²) in [6.45, 7) is 2.86. The van der Waals surface area contributed by atoms with E-state index in [1.807, 2.05) is 0 Å². The van der Waals surface area contributed by atoms with Crippen molar-refractivity contribution in [2.24, 2.45) is 0 Å². The zero-order chi connectivity index (χ0) is 13.2. The lowest BCUT2D eigenvalue weighted by Crippen LogP contribution is -1.99. The van der Waals surface area contributed by atoms with Crippen LogP contribution in [0, 0.1) is 11.3 Å². The molecule has 0 spiro atoms. The summed E-state index contributed by atoms with van der Waals surface area (Å²) in [6.07, 6.45) is 5.99. The van der Waals surface area contributed by atoms with Gasteiger partial charge in [-0.15, -0.1) is 0 Å². The Morgan fingerprint density at radius 2 is 1.94 bits per heavy atom. The summed E-state index contributed by atoms with van der Waals surface area (Å²) in [5.74, 6) is 1.34. The highest BCUT2D eigenvalue weighted by Gasteiger charge is 2.05. The fourth-order valence-corrected chi connectivity index (χ4v) is 1.73. The molecule has 1 aromatic carbocycles. The number of hydrogen-bond acceptors (Lipinski definition) is 3. The van der Waals surface area contributed by atoms with Crippen LogP contribution in [-0.4, -0.2) is 13.7 Å². The molecule has 0 saturated heterocycles. The van der Waals surface area contributed by atoms with Crippen LogP contribution in [0.3, 0.4) is 0 Å². The second kappa shape index (κ2) is 8.41.